The molecule has 2 rings (SSSR count). The van der Waals surface area contributed by atoms with Crippen LogP contribution in [0.5, 0.6) is 5.75 Å². The Balaban J connectivity index is 1.96. The predicted molar refractivity (Wildman–Crippen MR) is 113 cm³/mol. The van der Waals surface area contributed by atoms with Crippen molar-refractivity contribution in [3.05, 3.63) is 29.8 Å². The van der Waals surface area contributed by atoms with E-state index in [1.54, 1.807) is 12.1 Å². The highest BCUT2D eigenvalue weighted by atomic mass is 16.4. The second-order valence-corrected chi connectivity index (χ2v) is 7.96. The summed E-state index contributed by atoms with van der Waals surface area (Å²) in [4.78, 5) is 50.2. The average molecular weight is 450 g/mol. The van der Waals surface area contributed by atoms with E-state index in [2.05, 4.69) is 10.6 Å². The van der Waals surface area contributed by atoms with Gasteiger partial charge in [-0.25, -0.2) is 4.79 Å². The van der Waals surface area contributed by atoms with E-state index in [1.165, 1.54) is 26.0 Å². The van der Waals surface area contributed by atoms with Crippen LogP contribution in [0.4, 0.5) is 0 Å². The number of aliphatic carboxylic acids is 1. The van der Waals surface area contributed by atoms with Gasteiger partial charge in [0.05, 0.1) is 12.1 Å². The number of carbonyl (C=O) groups is 4. The minimum Gasteiger partial charge on any atom is -0.508 e. The minimum absolute atomic E-state index is 0.0860. The van der Waals surface area contributed by atoms with Gasteiger partial charge in [0.1, 0.15) is 23.9 Å². The highest BCUT2D eigenvalue weighted by Crippen LogP contribution is 2.19. The summed E-state index contributed by atoms with van der Waals surface area (Å²) in [6.07, 6.45) is -0.288. The van der Waals surface area contributed by atoms with Crippen molar-refractivity contribution in [2.24, 2.45) is 5.73 Å². The first kappa shape index (κ1) is 25.1. The third-order valence-electron chi connectivity index (χ3n) is 5.35. The Morgan fingerprint density at radius 3 is 2.31 bits per heavy atom. The van der Waals surface area contributed by atoms with Crippen LogP contribution in [0.2, 0.25) is 0 Å². The second-order valence-electron chi connectivity index (χ2n) is 7.96. The Labute approximate surface area is 185 Å². The van der Waals surface area contributed by atoms with Gasteiger partial charge in [0.25, 0.3) is 0 Å². The van der Waals surface area contributed by atoms with Gasteiger partial charge in [0, 0.05) is 6.54 Å². The standard InChI is InChI=1S/C21H30N4O7/c1-11(23-19(29)15(22)10-13-5-7-14(27)8-6-13)18(28)24-17(12(2)26)20(30)25-9-3-4-16(25)21(31)32/h5-8,11-12,15-17,26-27H,3-4,9-10,22H2,1-2H3,(H,23,29)(H,24,28)(H,31,32). The number of aliphatic hydroxyl groups excluding tert-OH is 1. The molecule has 1 heterocycles. The Morgan fingerprint density at radius 2 is 1.75 bits per heavy atom. The number of aliphatic hydroxyl groups is 1. The highest BCUT2D eigenvalue weighted by Gasteiger charge is 2.39. The zero-order chi connectivity index (χ0) is 24.0. The number of carbonyl (C=O) groups excluding carboxylic acids is 3. The molecule has 0 spiro atoms. The van der Waals surface area contributed by atoms with Crippen molar-refractivity contribution in [1.29, 1.82) is 0 Å². The highest BCUT2D eigenvalue weighted by molar-refractivity contribution is 5.94. The molecule has 5 atom stereocenters. The van der Waals surface area contributed by atoms with Gasteiger partial charge in [0.15, 0.2) is 0 Å². The van der Waals surface area contributed by atoms with Gasteiger partial charge < -0.3 is 36.6 Å². The molecule has 11 heteroatoms. The maximum absolute atomic E-state index is 12.8. The summed E-state index contributed by atoms with van der Waals surface area (Å²) < 4.78 is 0. The number of benzene rings is 1. The smallest absolute Gasteiger partial charge is 0.326 e. The molecule has 11 nitrogen and oxygen atoms in total. The molecule has 1 saturated heterocycles. The van der Waals surface area contributed by atoms with E-state index in [1.807, 2.05) is 0 Å². The summed E-state index contributed by atoms with van der Waals surface area (Å²) in [5.41, 5.74) is 6.62. The van der Waals surface area contributed by atoms with E-state index in [0.29, 0.717) is 12.8 Å². The summed E-state index contributed by atoms with van der Waals surface area (Å²) in [6, 6.07) is 1.82. The molecule has 176 valence electrons. The number of hydrogen-bond acceptors (Lipinski definition) is 7. The second kappa shape index (κ2) is 10.9. The molecule has 3 amide bonds. The minimum atomic E-state index is -1.35. The van der Waals surface area contributed by atoms with Crippen LogP contribution in [0.25, 0.3) is 0 Å². The van der Waals surface area contributed by atoms with Crippen molar-refractivity contribution in [2.45, 2.75) is 63.4 Å². The zero-order valence-corrected chi connectivity index (χ0v) is 18.0. The van der Waals surface area contributed by atoms with Crippen molar-refractivity contribution in [2.75, 3.05) is 6.54 Å². The van der Waals surface area contributed by atoms with Crippen LogP contribution in [0.1, 0.15) is 32.3 Å². The zero-order valence-electron chi connectivity index (χ0n) is 18.0. The first-order chi connectivity index (χ1) is 15.0. The first-order valence-corrected chi connectivity index (χ1v) is 10.4. The quantitative estimate of drug-likeness (QED) is 0.268. The van der Waals surface area contributed by atoms with Crippen molar-refractivity contribution >= 4 is 23.7 Å². The largest absolute Gasteiger partial charge is 0.508 e. The lowest BCUT2D eigenvalue weighted by Crippen LogP contribution is -2.59. The molecule has 0 aliphatic carbocycles. The fourth-order valence-electron chi connectivity index (χ4n) is 3.50. The molecule has 1 fully saturated rings. The van der Waals surface area contributed by atoms with Crippen LogP contribution >= 0.6 is 0 Å². The van der Waals surface area contributed by atoms with Crippen LogP contribution in [0.3, 0.4) is 0 Å². The van der Waals surface area contributed by atoms with Gasteiger partial charge in [-0.3, -0.25) is 14.4 Å². The van der Waals surface area contributed by atoms with E-state index < -0.39 is 54.0 Å². The molecule has 0 aromatic heterocycles. The molecule has 7 N–H and O–H groups in total. The SMILES string of the molecule is CC(NC(=O)C(N)Cc1ccc(O)cc1)C(=O)NC(C(=O)N1CCCC1C(=O)O)C(C)O. The molecule has 5 unspecified atom stereocenters. The summed E-state index contributed by atoms with van der Waals surface area (Å²) >= 11 is 0. The number of hydrogen-bond donors (Lipinski definition) is 6. The fraction of sp³-hybridized carbons (Fsp3) is 0.524. The number of phenolic OH excluding ortho intramolecular Hbond substituents is 1. The number of carboxylic acid groups (broad SMARTS) is 1. The van der Waals surface area contributed by atoms with Crippen molar-refractivity contribution in [3.63, 3.8) is 0 Å². The monoisotopic (exact) mass is 450 g/mol. The first-order valence-electron chi connectivity index (χ1n) is 10.4. The van der Waals surface area contributed by atoms with Crippen LogP contribution in [-0.2, 0) is 25.6 Å². The summed E-state index contributed by atoms with van der Waals surface area (Å²) in [5, 5.41) is 33.5. The van der Waals surface area contributed by atoms with Gasteiger partial charge >= 0.3 is 5.97 Å². The normalized spacial score (nSPS) is 19.5. The number of phenols is 1. The molecule has 1 aromatic rings. The van der Waals surface area contributed by atoms with Gasteiger partial charge in [-0.15, -0.1) is 0 Å². The number of amides is 3. The topological polar surface area (TPSA) is 182 Å². The van der Waals surface area contributed by atoms with Crippen LogP contribution in [0.15, 0.2) is 24.3 Å². The van der Waals surface area contributed by atoms with Crippen molar-refractivity contribution < 1.29 is 34.5 Å². The average Bonchev–Trinajstić information content (AvgIpc) is 3.23. The van der Waals surface area contributed by atoms with Gasteiger partial charge in [0.2, 0.25) is 17.7 Å². The third kappa shape index (κ3) is 6.41. The molecule has 1 aliphatic heterocycles. The van der Waals surface area contributed by atoms with Gasteiger partial charge in [-0.05, 0) is 50.8 Å². The molecule has 0 saturated carbocycles. The maximum atomic E-state index is 12.8. The third-order valence-corrected chi connectivity index (χ3v) is 5.35. The Hall–Kier alpha value is -3.18. The predicted octanol–water partition coefficient (Wildman–Crippen LogP) is -1.29. The number of nitrogens with zero attached hydrogens (tertiary/aromatic N) is 1. The maximum Gasteiger partial charge on any atom is 0.326 e. The van der Waals surface area contributed by atoms with E-state index in [9.17, 15) is 34.5 Å². The summed E-state index contributed by atoms with van der Waals surface area (Å²) in [6.45, 7) is 2.93. The summed E-state index contributed by atoms with van der Waals surface area (Å²) in [7, 11) is 0. The number of nitrogens with one attached hydrogen (secondary N) is 2. The van der Waals surface area contributed by atoms with Crippen LogP contribution < -0.4 is 16.4 Å². The molecule has 0 bridgehead atoms. The van der Waals surface area contributed by atoms with E-state index >= 15 is 0 Å². The number of rotatable bonds is 9. The Kier molecular flexibility index (Phi) is 8.56. The van der Waals surface area contributed by atoms with Crippen LogP contribution in [0, 0.1) is 0 Å². The van der Waals surface area contributed by atoms with E-state index in [4.69, 9.17) is 5.73 Å². The van der Waals surface area contributed by atoms with Gasteiger partial charge in [-0.2, -0.15) is 0 Å². The van der Waals surface area contributed by atoms with Crippen molar-refractivity contribution in [3.8, 4) is 5.75 Å². The Bertz CT molecular complexity index is 843. The Morgan fingerprint density at radius 1 is 1.12 bits per heavy atom. The lowest BCUT2D eigenvalue weighted by molar-refractivity contribution is -0.150. The molecular formula is C21H30N4O7. The van der Waals surface area contributed by atoms with Crippen molar-refractivity contribution in [1.82, 2.24) is 15.5 Å². The number of nitrogens with two attached hydrogens (primary N) is 1. The molecule has 0 radical (unpaired) electrons. The molecule has 1 aliphatic rings. The fourth-order valence-corrected chi connectivity index (χ4v) is 3.50. The summed E-state index contributed by atoms with van der Waals surface area (Å²) in [5.74, 6) is -3.06. The van der Waals surface area contributed by atoms with Gasteiger partial charge in [-0.1, -0.05) is 12.1 Å². The van der Waals surface area contributed by atoms with Crippen LogP contribution in [-0.4, -0.2) is 80.7 Å². The van der Waals surface area contributed by atoms with E-state index in [-0.39, 0.29) is 18.7 Å². The number of likely N-dealkylation sites (tertiary alicyclic amines) is 1. The molecular weight excluding hydrogens is 420 g/mol. The molecule has 1 aromatic carbocycles. The lowest BCUT2D eigenvalue weighted by Gasteiger charge is -2.29. The number of aromatic hydroxyl groups is 1. The van der Waals surface area contributed by atoms with E-state index in [0.717, 1.165) is 10.5 Å². The lowest BCUT2D eigenvalue weighted by atomic mass is 10.1. The molecule has 32 heavy (non-hydrogen) atoms. The number of carboxylic acids is 1.